The van der Waals surface area contributed by atoms with E-state index in [0.29, 0.717) is 40.5 Å². The van der Waals surface area contributed by atoms with Gasteiger partial charge in [-0.1, -0.05) is 55.4 Å². The molecular formula is C42H35N7O7. The number of imide groups is 2. The minimum Gasteiger partial charge on any atom is -0.487 e. The lowest BCUT2D eigenvalue weighted by atomic mass is 9.78. The third-order valence-corrected chi connectivity index (χ3v) is 9.89. The summed E-state index contributed by atoms with van der Waals surface area (Å²) in [5.41, 5.74) is 3.67. The zero-order valence-electron chi connectivity index (χ0n) is 30.6. The molecule has 5 aromatic rings. The number of fused-ring (bicyclic) bond motifs is 1. The van der Waals surface area contributed by atoms with E-state index in [1.54, 1.807) is 37.5 Å². The lowest BCUT2D eigenvalue weighted by Crippen LogP contribution is -2.54. The number of nitrogens with one attached hydrogen (secondary N) is 1. The van der Waals surface area contributed by atoms with Crippen LogP contribution < -0.4 is 19.7 Å². The summed E-state index contributed by atoms with van der Waals surface area (Å²) in [6, 6.07) is 19.8. The fraction of sp³-hybridized carbons (Fsp3) is 0.190. The van der Waals surface area contributed by atoms with E-state index in [9.17, 15) is 19.2 Å². The zero-order chi connectivity index (χ0) is 39.0. The molecule has 4 amide bonds. The van der Waals surface area contributed by atoms with Crippen LogP contribution in [-0.2, 0) is 15.0 Å². The second kappa shape index (κ2) is 14.5. The highest BCUT2D eigenvalue weighted by molar-refractivity contribution is 6.23. The highest BCUT2D eigenvalue weighted by Gasteiger charge is 2.44. The Balaban J connectivity index is 0.914. The molecule has 8 rings (SSSR count). The van der Waals surface area contributed by atoms with E-state index in [1.165, 1.54) is 0 Å². The summed E-state index contributed by atoms with van der Waals surface area (Å²) in [7, 11) is 0. The van der Waals surface area contributed by atoms with E-state index >= 15 is 0 Å². The molecule has 2 aromatic heterocycles. The summed E-state index contributed by atoms with van der Waals surface area (Å²) in [5, 5.41) is 6.06. The van der Waals surface area contributed by atoms with E-state index in [-0.39, 0.29) is 36.0 Å². The highest BCUT2D eigenvalue weighted by Crippen LogP contribution is 2.35. The standard InChI is InChI=1S/C42H35N7O7/c1-25-45-38(47-56-25)37-43-22-32(23-44-37)55-31-15-10-27(11-16-31)42(2,3)26-8-13-30(14-9-26)54-24-29-7-5-4-6-20-48(29)28-12-17-33-34(21-28)41(53)49(40(33)52)35-18-19-36(50)46-39(35)51/h4-17,20-23,35H,18-19,24H2,1-3H3,(H,46,50,51). The van der Waals surface area contributed by atoms with Crippen molar-refractivity contribution < 1.29 is 33.2 Å². The monoisotopic (exact) mass is 749 g/mol. The summed E-state index contributed by atoms with van der Waals surface area (Å²) < 4.78 is 17.2. The largest absolute Gasteiger partial charge is 0.487 e. The van der Waals surface area contributed by atoms with Crippen LogP contribution in [-0.4, -0.2) is 61.3 Å². The number of nitrogens with zero attached hydrogens (tertiary/aromatic N) is 6. The average molecular weight is 750 g/mol. The number of aryl methyl sites for hydroxylation is 1. The molecule has 5 heterocycles. The van der Waals surface area contributed by atoms with Crippen molar-refractivity contribution in [1.82, 2.24) is 30.3 Å². The third kappa shape index (κ3) is 6.95. The van der Waals surface area contributed by atoms with Crippen LogP contribution in [0.1, 0.15) is 64.4 Å². The second-order valence-electron chi connectivity index (χ2n) is 13.9. The molecule has 3 aliphatic rings. The maximum Gasteiger partial charge on any atom is 0.262 e. The van der Waals surface area contributed by atoms with Crippen LogP contribution in [0, 0.1) is 6.92 Å². The molecule has 3 aromatic carbocycles. The minimum atomic E-state index is -1.03. The van der Waals surface area contributed by atoms with Gasteiger partial charge in [-0.25, -0.2) is 9.97 Å². The molecule has 3 aliphatic heterocycles. The molecule has 0 radical (unpaired) electrons. The van der Waals surface area contributed by atoms with Crippen LogP contribution >= 0.6 is 0 Å². The van der Waals surface area contributed by atoms with Gasteiger partial charge >= 0.3 is 0 Å². The summed E-state index contributed by atoms with van der Waals surface area (Å²) in [4.78, 5) is 66.5. The summed E-state index contributed by atoms with van der Waals surface area (Å²) >= 11 is 0. The van der Waals surface area contributed by atoms with E-state index in [1.807, 2.05) is 83.9 Å². The quantitative estimate of drug-likeness (QED) is 0.161. The Kier molecular flexibility index (Phi) is 9.30. The van der Waals surface area contributed by atoms with Crippen LogP contribution in [0.3, 0.4) is 0 Å². The Morgan fingerprint density at radius 3 is 2.20 bits per heavy atom. The predicted molar refractivity (Wildman–Crippen MR) is 203 cm³/mol. The first-order chi connectivity index (χ1) is 27.0. The smallest absolute Gasteiger partial charge is 0.262 e. The summed E-state index contributed by atoms with van der Waals surface area (Å²) in [6.45, 7) is 6.20. The van der Waals surface area contributed by atoms with Gasteiger partial charge in [0.15, 0.2) is 5.75 Å². The van der Waals surface area contributed by atoms with Gasteiger partial charge < -0.3 is 18.9 Å². The van der Waals surface area contributed by atoms with Crippen molar-refractivity contribution in [1.29, 1.82) is 0 Å². The lowest BCUT2D eigenvalue weighted by Gasteiger charge is -2.27. The Labute approximate surface area is 321 Å². The van der Waals surface area contributed by atoms with Gasteiger partial charge in [-0.2, -0.15) is 4.98 Å². The molecule has 0 aliphatic carbocycles. The number of allylic oxidation sites excluding steroid dienone is 4. The van der Waals surface area contributed by atoms with E-state index < -0.39 is 29.7 Å². The molecule has 14 heteroatoms. The number of aromatic nitrogens is 4. The molecule has 280 valence electrons. The lowest BCUT2D eigenvalue weighted by molar-refractivity contribution is -0.136. The maximum absolute atomic E-state index is 13.5. The maximum atomic E-state index is 13.5. The van der Waals surface area contributed by atoms with Gasteiger partial charge in [0.2, 0.25) is 29.4 Å². The molecule has 0 saturated carbocycles. The SMILES string of the molecule is Cc1nc(-c2ncc(Oc3ccc(C(C)(C)c4ccc(OCC5=CC=CC=CN5c5ccc6c(c5)C(=O)N(C5CCC(=O)NC5=O)C6=O)cc4)cc3)cn2)no1. The van der Waals surface area contributed by atoms with E-state index in [0.717, 1.165) is 21.7 Å². The minimum absolute atomic E-state index is 0.0541. The number of hydrogen-bond donors (Lipinski definition) is 1. The van der Waals surface area contributed by atoms with E-state index in [2.05, 4.69) is 39.3 Å². The van der Waals surface area contributed by atoms with Crippen molar-refractivity contribution in [2.24, 2.45) is 0 Å². The summed E-state index contributed by atoms with van der Waals surface area (Å²) in [6.07, 6.45) is 12.7. The Bertz CT molecular complexity index is 2450. The van der Waals surface area contributed by atoms with Gasteiger partial charge in [-0.3, -0.25) is 29.4 Å². The van der Waals surface area contributed by atoms with Gasteiger partial charge in [0.1, 0.15) is 24.1 Å². The molecule has 1 unspecified atom stereocenters. The number of benzene rings is 3. The number of anilines is 1. The number of hydrogen-bond acceptors (Lipinski definition) is 12. The fourth-order valence-corrected chi connectivity index (χ4v) is 6.76. The first-order valence-electron chi connectivity index (χ1n) is 17.9. The zero-order valence-corrected chi connectivity index (χ0v) is 30.6. The fourth-order valence-electron chi connectivity index (χ4n) is 6.76. The van der Waals surface area contributed by atoms with Crippen LogP contribution in [0.5, 0.6) is 17.2 Å². The Morgan fingerprint density at radius 2 is 1.52 bits per heavy atom. The Morgan fingerprint density at radius 1 is 0.821 bits per heavy atom. The number of ether oxygens (including phenoxy) is 2. The van der Waals surface area contributed by atoms with E-state index in [4.69, 9.17) is 14.0 Å². The number of piperidine rings is 1. The molecular weight excluding hydrogens is 715 g/mol. The molecule has 14 nitrogen and oxygen atoms in total. The molecule has 0 spiro atoms. The molecule has 1 saturated heterocycles. The van der Waals surface area contributed by atoms with Crippen molar-refractivity contribution in [3.8, 4) is 28.9 Å². The van der Waals surface area contributed by atoms with Crippen molar-refractivity contribution in [3.63, 3.8) is 0 Å². The van der Waals surface area contributed by atoms with Crippen molar-refractivity contribution in [3.05, 3.63) is 143 Å². The average Bonchev–Trinajstić information content (AvgIpc) is 3.63. The van der Waals surface area contributed by atoms with Gasteiger partial charge in [0.05, 0.1) is 29.2 Å². The van der Waals surface area contributed by atoms with Gasteiger partial charge in [-0.15, -0.1) is 0 Å². The normalized spacial score (nSPS) is 16.8. The van der Waals surface area contributed by atoms with Gasteiger partial charge in [0.25, 0.3) is 11.8 Å². The summed E-state index contributed by atoms with van der Waals surface area (Å²) in [5.74, 6) is 0.684. The van der Waals surface area contributed by atoms with Crippen molar-refractivity contribution in [2.45, 2.75) is 45.1 Å². The Hall–Kier alpha value is -7.22. The van der Waals surface area contributed by atoms with Crippen LogP contribution in [0.25, 0.3) is 11.6 Å². The van der Waals surface area contributed by atoms with Crippen LogP contribution in [0.2, 0.25) is 0 Å². The third-order valence-electron chi connectivity index (χ3n) is 9.89. The predicted octanol–water partition coefficient (Wildman–Crippen LogP) is 6.21. The van der Waals surface area contributed by atoms with Crippen molar-refractivity contribution >= 4 is 29.3 Å². The number of carbonyl (C=O) groups is 4. The molecule has 56 heavy (non-hydrogen) atoms. The first-order valence-corrected chi connectivity index (χ1v) is 17.9. The number of rotatable bonds is 10. The molecule has 1 fully saturated rings. The molecule has 0 bridgehead atoms. The topological polar surface area (TPSA) is 170 Å². The van der Waals surface area contributed by atoms with Gasteiger partial charge in [0, 0.05) is 30.6 Å². The van der Waals surface area contributed by atoms with Crippen molar-refractivity contribution in [2.75, 3.05) is 11.5 Å². The molecule has 1 N–H and O–H groups in total. The van der Waals surface area contributed by atoms with Crippen LogP contribution in [0.15, 0.2) is 120 Å². The molecule has 1 atom stereocenters. The second-order valence-corrected chi connectivity index (χ2v) is 13.9. The number of amides is 4. The number of carbonyl (C=O) groups excluding carboxylic acids is 4. The van der Waals surface area contributed by atoms with Crippen LogP contribution in [0.4, 0.5) is 5.69 Å². The highest BCUT2D eigenvalue weighted by atomic mass is 16.5. The van der Waals surface area contributed by atoms with Gasteiger partial charge in [-0.05, 0) is 72.2 Å². The first kappa shape index (κ1) is 35.8.